The first-order chi connectivity index (χ1) is 9.51. The van der Waals surface area contributed by atoms with E-state index < -0.39 is 0 Å². The Morgan fingerprint density at radius 3 is 2.65 bits per heavy atom. The van der Waals surface area contributed by atoms with Gasteiger partial charge in [-0.05, 0) is 65.7 Å². The van der Waals surface area contributed by atoms with E-state index in [-0.39, 0.29) is 5.91 Å². The summed E-state index contributed by atoms with van der Waals surface area (Å²) in [4.78, 5) is 15.6. The highest BCUT2D eigenvalue weighted by atomic mass is 79.9. The summed E-state index contributed by atoms with van der Waals surface area (Å²) in [6, 6.07) is 9.46. The van der Waals surface area contributed by atoms with Crippen LogP contribution in [0.15, 0.2) is 34.1 Å². The van der Waals surface area contributed by atoms with Crippen LogP contribution >= 0.6 is 27.3 Å². The summed E-state index contributed by atoms with van der Waals surface area (Å²) < 4.78 is 1.08. The quantitative estimate of drug-likeness (QED) is 0.843. The summed E-state index contributed by atoms with van der Waals surface area (Å²) in [6.07, 6.45) is 0. The molecule has 0 aliphatic rings. The summed E-state index contributed by atoms with van der Waals surface area (Å²) >= 11 is 5.10. The standard InChI is InChI=1S/C15H17BrN2OS/c1-3-18(9-12-5-7-14(16)20-12)15(19)13-6-4-11(17)8-10(13)2/h4-8H,3,9,17H2,1-2H3. The maximum atomic E-state index is 12.6. The van der Waals surface area contributed by atoms with Gasteiger partial charge in [-0.2, -0.15) is 0 Å². The van der Waals surface area contributed by atoms with E-state index in [0.29, 0.717) is 18.8 Å². The van der Waals surface area contributed by atoms with Crippen molar-refractivity contribution >= 4 is 38.9 Å². The number of nitrogens with two attached hydrogens (primary N) is 1. The minimum atomic E-state index is 0.0505. The van der Waals surface area contributed by atoms with Gasteiger partial charge < -0.3 is 10.6 Å². The number of carbonyl (C=O) groups excluding carboxylic acids is 1. The van der Waals surface area contributed by atoms with Crippen molar-refractivity contribution in [1.82, 2.24) is 4.90 Å². The van der Waals surface area contributed by atoms with Crippen LogP contribution in [0.4, 0.5) is 5.69 Å². The monoisotopic (exact) mass is 352 g/mol. The molecule has 3 nitrogen and oxygen atoms in total. The van der Waals surface area contributed by atoms with Crippen LogP contribution < -0.4 is 5.73 Å². The molecule has 1 amide bonds. The molecule has 0 fully saturated rings. The van der Waals surface area contributed by atoms with Gasteiger partial charge in [0.15, 0.2) is 0 Å². The number of halogens is 1. The number of carbonyl (C=O) groups is 1. The molecule has 20 heavy (non-hydrogen) atoms. The average molecular weight is 353 g/mol. The summed E-state index contributed by atoms with van der Waals surface area (Å²) in [7, 11) is 0. The molecular formula is C15H17BrN2OS. The van der Waals surface area contributed by atoms with E-state index in [9.17, 15) is 4.79 Å². The van der Waals surface area contributed by atoms with Crippen LogP contribution in [0, 0.1) is 6.92 Å². The van der Waals surface area contributed by atoms with Gasteiger partial charge in [0.05, 0.1) is 10.3 Å². The third-order valence-corrected chi connectivity index (χ3v) is 4.73. The predicted octanol–water partition coefficient (Wildman–Crippen LogP) is 4.06. The SMILES string of the molecule is CCN(Cc1ccc(Br)s1)C(=O)c1ccc(N)cc1C. The van der Waals surface area contributed by atoms with Crippen LogP contribution in [-0.2, 0) is 6.54 Å². The van der Waals surface area contributed by atoms with Crippen LogP contribution in [-0.4, -0.2) is 17.4 Å². The summed E-state index contributed by atoms with van der Waals surface area (Å²) in [5.74, 6) is 0.0505. The maximum Gasteiger partial charge on any atom is 0.254 e. The molecule has 0 saturated carbocycles. The highest BCUT2D eigenvalue weighted by Crippen LogP contribution is 2.24. The number of nitrogens with zero attached hydrogens (tertiary/aromatic N) is 1. The minimum Gasteiger partial charge on any atom is -0.399 e. The number of amides is 1. The van der Waals surface area contributed by atoms with Crippen LogP contribution in [0.1, 0.15) is 27.7 Å². The molecule has 106 valence electrons. The second kappa shape index (κ2) is 6.41. The molecule has 0 atom stereocenters. The summed E-state index contributed by atoms with van der Waals surface area (Å²) in [5.41, 5.74) is 8.06. The zero-order valence-corrected chi connectivity index (χ0v) is 13.9. The lowest BCUT2D eigenvalue weighted by atomic mass is 10.1. The fourth-order valence-corrected chi connectivity index (χ4v) is 3.55. The number of hydrogen-bond acceptors (Lipinski definition) is 3. The summed E-state index contributed by atoms with van der Waals surface area (Å²) in [5, 5.41) is 0. The Bertz CT molecular complexity index is 624. The highest BCUT2D eigenvalue weighted by molar-refractivity contribution is 9.11. The Hall–Kier alpha value is -1.33. The average Bonchev–Trinajstić information content (AvgIpc) is 2.81. The van der Waals surface area contributed by atoms with Crippen molar-refractivity contribution in [2.75, 3.05) is 12.3 Å². The Balaban J connectivity index is 2.20. The first-order valence-corrected chi connectivity index (χ1v) is 8.01. The van der Waals surface area contributed by atoms with Crippen LogP contribution in [0.3, 0.4) is 0 Å². The number of benzene rings is 1. The maximum absolute atomic E-state index is 12.6. The van der Waals surface area contributed by atoms with Gasteiger partial charge in [-0.3, -0.25) is 4.79 Å². The molecule has 0 spiro atoms. The first-order valence-electron chi connectivity index (χ1n) is 6.41. The topological polar surface area (TPSA) is 46.3 Å². The van der Waals surface area contributed by atoms with Crippen molar-refractivity contribution in [1.29, 1.82) is 0 Å². The Morgan fingerprint density at radius 1 is 1.35 bits per heavy atom. The van der Waals surface area contributed by atoms with Crippen molar-refractivity contribution in [2.24, 2.45) is 0 Å². The van der Waals surface area contributed by atoms with E-state index in [1.807, 2.05) is 36.9 Å². The third-order valence-electron chi connectivity index (χ3n) is 3.13. The van der Waals surface area contributed by atoms with Gasteiger partial charge in [0.25, 0.3) is 5.91 Å². The number of anilines is 1. The molecule has 2 rings (SSSR count). The largest absolute Gasteiger partial charge is 0.399 e. The van der Waals surface area contributed by atoms with Gasteiger partial charge in [-0.25, -0.2) is 0 Å². The molecule has 2 aromatic rings. The minimum absolute atomic E-state index is 0.0505. The zero-order valence-electron chi connectivity index (χ0n) is 11.5. The molecule has 0 radical (unpaired) electrons. The normalized spacial score (nSPS) is 10.6. The van der Waals surface area contributed by atoms with Crippen molar-refractivity contribution in [2.45, 2.75) is 20.4 Å². The van der Waals surface area contributed by atoms with Crippen molar-refractivity contribution in [3.8, 4) is 0 Å². The van der Waals surface area contributed by atoms with Crippen LogP contribution in [0.25, 0.3) is 0 Å². The second-order valence-electron chi connectivity index (χ2n) is 4.60. The van der Waals surface area contributed by atoms with E-state index in [4.69, 9.17) is 5.73 Å². The third kappa shape index (κ3) is 3.41. The Kier molecular flexibility index (Phi) is 4.83. The first kappa shape index (κ1) is 15.1. The molecule has 0 aliphatic heterocycles. The van der Waals surface area contributed by atoms with Crippen molar-refractivity contribution in [3.05, 3.63) is 50.1 Å². The van der Waals surface area contributed by atoms with E-state index in [1.54, 1.807) is 23.5 Å². The number of nitrogen functional groups attached to an aromatic ring is 1. The van der Waals surface area contributed by atoms with Gasteiger partial charge in [-0.15, -0.1) is 11.3 Å². The molecule has 1 aromatic carbocycles. The van der Waals surface area contributed by atoms with Gasteiger partial charge in [0, 0.05) is 22.7 Å². The molecule has 1 heterocycles. The molecule has 0 saturated heterocycles. The van der Waals surface area contributed by atoms with Crippen molar-refractivity contribution < 1.29 is 4.79 Å². The lowest BCUT2D eigenvalue weighted by molar-refractivity contribution is 0.0753. The van der Waals surface area contributed by atoms with E-state index in [2.05, 4.69) is 15.9 Å². The fraction of sp³-hybridized carbons (Fsp3) is 0.267. The smallest absolute Gasteiger partial charge is 0.254 e. The van der Waals surface area contributed by atoms with E-state index >= 15 is 0 Å². The number of hydrogen-bond donors (Lipinski definition) is 1. The summed E-state index contributed by atoms with van der Waals surface area (Å²) in [6.45, 7) is 5.22. The second-order valence-corrected chi connectivity index (χ2v) is 7.15. The van der Waals surface area contributed by atoms with Gasteiger partial charge in [-0.1, -0.05) is 0 Å². The van der Waals surface area contributed by atoms with Crippen LogP contribution in [0.2, 0.25) is 0 Å². The van der Waals surface area contributed by atoms with Gasteiger partial charge >= 0.3 is 0 Å². The van der Waals surface area contributed by atoms with Crippen LogP contribution in [0.5, 0.6) is 0 Å². The molecule has 5 heteroatoms. The van der Waals surface area contributed by atoms with E-state index in [0.717, 1.165) is 14.9 Å². The van der Waals surface area contributed by atoms with E-state index in [1.165, 1.54) is 4.88 Å². The molecule has 0 bridgehead atoms. The Morgan fingerprint density at radius 2 is 2.10 bits per heavy atom. The number of thiophene rings is 1. The highest BCUT2D eigenvalue weighted by Gasteiger charge is 2.17. The molecule has 0 unspecified atom stereocenters. The lowest BCUT2D eigenvalue weighted by Crippen LogP contribution is -2.30. The number of aryl methyl sites for hydroxylation is 1. The lowest BCUT2D eigenvalue weighted by Gasteiger charge is -2.21. The number of rotatable bonds is 4. The molecule has 0 aliphatic carbocycles. The molecule has 1 aromatic heterocycles. The molecular weight excluding hydrogens is 336 g/mol. The zero-order chi connectivity index (χ0) is 14.7. The Labute approximate surface area is 131 Å². The molecule has 2 N–H and O–H groups in total. The van der Waals surface area contributed by atoms with Gasteiger partial charge in [0.1, 0.15) is 0 Å². The fourth-order valence-electron chi connectivity index (χ4n) is 2.05. The van der Waals surface area contributed by atoms with Gasteiger partial charge in [0.2, 0.25) is 0 Å². The van der Waals surface area contributed by atoms with Crippen molar-refractivity contribution in [3.63, 3.8) is 0 Å². The predicted molar refractivity (Wildman–Crippen MR) is 88.0 cm³/mol.